The average molecular weight is 338 g/mol. The molecule has 0 rings (SSSR count). The van der Waals surface area contributed by atoms with E-state index in [9.17, 15) is 4.79 Å². The van der Waals surface area contributed by atoms with Crippen LogP contribution in [0.1, 0.15) is 6.42 Å². The van der Waals surface area contributed by atoms with Gasteiger partial charge in [-0.3, -0.25) is 4.79 Å². The summed E-state index contributed by atoms with van der Waals surface area (Å²) < 4.78 is 0.661. The Hall–Kier alpha value is 0.410. The number of likely N-dealkylation sites (N-methyl/N-ethyl adjacent to an activating group) is 1. The van der Waals surface area contributed by atoms with Crippen LogP contribution in [0.3, 0.4) is 0 Å². The molecule has 0 saturated carbocycles. The van der Waals surface area contributed by atoms with Crippen LogP contribution in [0.4, 0.5) is 0 Å². The minimum atomic E-state index is 0. The number of carbonyl (C=O) groups excluding carboxylic acids is 1. The summed E-state index contributed by atoms with van der Waals surface area (Å²) in [6.45, 7) is 1.84. The maximum Gasteiger partial charge on any atom is 0.275 e. The van der Waals surface area contributed by atoms with E-state index in [1.165, 1.54) is 0 Å². The van der Waals surface area contributed by atoms with Crippen LogP contribution in [0, 0.1) is 0 Å². The second kappa shape index (κ2) is 9.95. The number of nitrogens with two attached hydrogens (primary N) is 1. The number of hydrogen-bond donors (Lipinski definition) is 2. The van der Waals surface area contributed by atoms with Gasteiger partial charge in [0.15, 0.2) is 6.54 Å². The van der Waals surface area contributed by atoms with Crippen LogP contribution in [0.25, 0.3) is 0 Å². The van der Waals surface area contributed by atoms with E-state index in [1.54, 1.807) is 0 Å². The van der Waals surface area contributed by atoms with Crippen molar-refractivity contribution in [3.8, 4) is 0 Å². The Labute approximate surface area is 110 Å². The van der Waals surface area contributed by atoms with Gasteiger partial charge in [-0.1, -0.05) is 0 Å². The Morgan fingerprint density at radius 3 is 2.21 bits per heavy atom. The Morgan fingerprint density at radius 1 is 1.36 bits per heavy atom. The number of nitrogens with one attached hydrogen (secondary N) is 1. The molecule has 0 spiro atoms. The lowest BCUT2D eigenvalue weighted by Gasteiger charge is -2.22. The zero-order valence-corrected chi connectivity index (χ0v) is 12.0. The summed E-state index contributed by atoms with van der Waals surface area (Å²) in [4.78, 5) is 11.2. The van der Waals surface area contributed by atoms with Crippen LogP contribution in [0.5, 0.6) is 0 Å². The molecule has 1 amide bonds. The summed E-state index contributed by atoms with van der Waals surface area (Å²) >= 11 is 0. The number of hydrogen-bond acceptors (Lipinski definition) is 2. The van der Waals surface area contributed by atoms with Crippen LogP contribution >= 0.6 is 12.4 Å². The zero-order chi connectivity index (χ0) is 9.61. The molecule has 0 aliphatic carbocycles. The molecular weight excluding hydrogens is 316 g/mol. The third kappa shape index (κ3) is 14.9. The molecule has 88 valence electrons. The number of carbonyl (C=O) groups is 1. The van der Waals surface area contributed by atoms with E-state index in [0.717, 1.165) is 6.42 Å². The molecule has 0 aromatic carbocycles. The van der Waals surface area contributed by atoms with Gasteiger partial charge < -0.3 is 39.5 Å². The zero-order valence-electron chi connectivity index (χ0n) is 9.05. The van der Waals surface area contributed by atoms with E-state index >= 15 is 0 Å². The predicted octanol–water partition coefficient (Wildman–Crippen LogP) is -3.42. The van der Waals surface area contributed by atoms with Crippen molar-refractivity contribution < 1.29 is 33.3 Å². The first-order valence-corrected chi connectivity index (χ1v) is 4.23. The van der Waals surface area contributed by atoms with Gasteiger partial charge in [0.1, 0.15) is 0 Å². The molecule has 0 saturated heterocycles. The van der Waals surface area contributed by atoms with Gasteiger partial charge in [-0.2, -0.15) is 0 Å². The lowest BCUT2D eigenvalue weighted by atomic mass is 10.4. The van der Waals surface area contributed by atoms with E-state index in [-0.39, 0.29) is 42.3 Å². The van der Waals surface area contributed by atoms with Gasteiger partial charge >= 0.3 is 0 Å². The number of rotatable bonds is 5. The molecule has 0 fully saturated rings. The van der Waals surface area contributed by atoms with Crippen LogP contribution in [0.15, 0.2) is 0 Å². The number of quaternary nitrogens is 1. The second-order valence-electron chi connectivity index (χ2n) is 3.94. The van der Waals surface area contributed by atoms with Crippen molar-refractivity contribution in [2.45, 2.75) is 6.42 Å². The van der Waals surface area contributed by atoms with E-state index in [4.69, 9.17) is 5.73 Å². The summed E-state index contributed by atoms with van der Waals surface area (Å²) in [6.07, 6.45) is 0.850. The van der Waals surface area contributed by atoms with Gasteiger partial charge in [-0.15, -0.1) is 12.4 Å². The molecule has 0 heterocycles. The van der Waals surface area contributed by atoms with Crippen molar-refractivity contribution >= 4 is 18.3 Å². The molecule has 14 heavy (non-hydrogen) atoms. The Kier molecular flexibility index (Phi) is 14.1. The first-order chi connectivity index (χ1) is 5.45. The minimum Gasteiger partial charge on any atom is -1.00 e. The SMILES string of the molecule is C[N+](C)(C)CC(=O)NCCCN.Cl.[I-]. The molecule has 6 heteroatoms. The standard InChI is InChI=1S/C8H19N3O.ClH.HI/c1-11(2,3)7-8(12)10-6-4-5-9;;/h4-7,9H2,1-3H3;2*1H. The molecule has 0 unspecified atom stereocenters. The van der Waals surface area contributed by atoms with E-state index < -0.39 is 0 Å². The molecule has 0 aromatic heterocycles. The topological polar surface area (TPSA) is 55.1 Å². The van der Waals surface area contributed by atoms with Crippen LogP contribution in [-0.2, 0) is 4.79 Å². The predicted molar refractivity (Wildman–Crippen MR) is 56.8 cm³/mol. The van der Waals surface area contributed by atoms with Crippen LogP contribution in [0.2, 0.25) is 0 Å². The minimum absolute atomic E-state index is 0. The van der Waals surface area contributed by atoms with Gasteiger partial charge in [0.05, 0.1) is 21.1 Å². The smallest absolute Gasteiger partial charge is 0.275 e. The number of halogens is 2. The molecule has 0 aromatic rings. The third-order valence-electron chi connectivity index (χ3n) is 1.32. The highest BCUT2D eigenvalue weighted by Gasteiger charge is 2.12. The van der Waals surface area contributed by atoms with Gasteiger partial charge in [0.25, 0.3) is 5.91 Å². The Balaban J connectivity index is -0.000000605. The molecule has 0 aliphatic rings. The van der Waals surface area contributed by atoms with Gasteiger partial charge in [-0.05, 0) is 13.0 Å². The summed E-state index contributed by atoms with van der Waals surface area (Å²) in [5.41, 5.74) is 5.29. The van der Waals surface area contributed by atoms with Crippen molar-refractivity contribution in [2.24, 2.45) is 5.73 Å². The maximum absolute atomic E-state index is 11.2. The second-order valence-corrected chi connectivity index (χ2v) is 3.94. The van der Waals surface area contributed by atoms with Crippen molar-refractivity contribution in [1.29, 1.82) is 0 Å². The molecule has 0 radical (unpaired) electrons. The quantitative estimate of drug-likeness (QED) is 0.312. The van der Waals surface area contributed by atoms with Gasteiger partial charge in [0.2, 0.25) is 0 Å². The summed E-state index contributed by atoms with van der Waals surface area (Å²) in [5.74, 6) is 0.0935. The summed E-state index contributed by atoms with van der Waals surface area (Å²) in [7, 11) is 5.97. The largest absolute Gasteiger partial charge is 1.00 e. The molecule has 3 N–H and O–H groups in total. The average Bonchev–Trinajstić information content (AvgIpc) is 1.84. The van der Waals surface area contributed by atoms with Crippen LogP contribution in [-0.4, -0.2) is 51.2 Å². The fraction of sp³-hybridized carbons (Fsp3) is 0.875. The normalized spacial score (nSPS) is 9.71. The number of nitrogens with zero attached hydrogens (tertiary/aromatic N) is 1. The molecule has 4 nitrogen and oxygen atoms in total. The first-order valence-electron chi connectivity index (χ1n) is 4.23. The molecule has 0 atom stereocenters. The van der Waals surface area contributed by atoms with Crippen molar-refractivity contribution in [3.05, 3.63) is 0 Å². The van der Waals surface area contributed by atoms with E-state index in [2.05, 4.69) is 5.32 Å². The third-order valence-corrected chi connectivity index (χ3v) is 1.32. The fourth-order valence-corrected chi connectivity index (χ4v) is 0.817. The van der Waals surface area contributed by atoms with Crippen molar-refractivity contribution in [2.75, 3.05) is 40.8 Å². The summed E-state index contributed by atoms with van der Waals surface area (Å²) in [5, 5.41) is 2.81. The summed E-state index contributed by atoms with van der Waals surface area (Å²) in [6, 6.07) is 0. The highest BCUT2D eigenvalue weighted by atomic mass is 127. The Bertz CT molecular complexity index is 150. The Morgan fingerprint density at radius 2 is 1.86 bits per heavy atom. The highest BCUT2D eigenvalue weighted by molar-refractivity contribution is 5.85. The molecule has 0 bridgehead atoms. The molecule has 0 aliphatic heterocycles. The monoisotopic (exact) mass is 337 g/mol. The van der Waals surface area contributed by atoms with E-state index in [1.807, 2.05) is 21.1 Å². The van der Waals surface area contributed by atoms with Crippen molar-refractivity contribution in [3.63, 3.8) is 0 Å². The first kappa shape index (κ1) is 19.9. The lowest BCUT2D eigenvalue weighted by molar-refractivity contribution is -0.862. The number of amides is 1. The highest BCUT2D eigenvalue weighted by Crippen LogP contribution is 1.87. The van der Waals surface area contributed by atoms with Gasteiger partial charge in [-0.25, -0.2) is 0 Å². The van der Waals surface area contributed by atoms with Crippen molar-refractivity contribution in [1.82, 2.24) is 5.32 Å². The fourth-order valence-electron chi connectivity index (χ4n) is 0.817. The maximum atomic E-state index is 11.2. The van der Waals surface area contributed by atoms with E-state index in [0.29, 0.717) is 24.1 Å². The molecular formula is C8H21ClIN3O. The van der Waals surface area contributed by atoms with Gasteiger partial charge in [0, 0.05) is 6.54 Å². The van der Waals surface area contributed by atoms with Crippen LogP contribution < -0.4 is 35.0 Å². The lowest BCUT2D eigenvalue weighted by Crippen LogP contribution is -3.00.